The van der Waals surface area contributed by atoms with E-state index in [1.54, 1.807) is 11.3 Å². The molecule has 3 nitrogen and oxygen atoms in total. The first-order valence-electron chi connectivity index (χ1n) is 6.37. The second-order valence-electron chi connectivity index (χ2n) is 4.52. The van der Waals surface area contributed by atoms with E-state index >= 15 is 0 Å². The molecule has 1 aromatic heterocycles. The molecule has 100 valence electrons. The van der Waals surface area contributed by atoms with Crippen LogP contribution in [0.25, 0.3) is 21.7 Å². The van der Waals surface area contributed by atoms with E-state index in [0.29, 0.717) is 0 Å². The predicted octanol–water partition coefficient (Wildman–Crippen LogP) is 3.67. The third-order valence-corrected chi connectivity index (χ3v) is 4.02. The number of aromatic nitrogens is 2. The molecule has 0 fully saturated rings. The molecule has 0 radical (unpaired) electrons. The molecular weight excluding hydrogens is 268 g/mol. The second kappa shape index (κ2) is 5.53. The Morgan fingerprint density at radius 3 is 2.55 bits per heavy atom. The zero-order valence-electron chi connectivity index (χ0n) is 11.1. The van der Waals surface area contributed by atoms with Gasteiger partial charge in [0.2, 0.25) is 0 Å². The maximum absolute atomic E-state index is 9.45. The predicted molar refractivity (Wildman–Crippen MR) is 81.4 cm³/mol. The molecule has 0 aliphatic heterocycles. The van der Waals surface area contributed by atoms with Crippen LogP contribution in [0.4, 0.5) is 0 Å². The summed E-state index contributed by atoms with van der Waals surface area (Å²) in [5.41, 5.74) is 4.12. The molecule has 0 aliphatic carbocycles. The van der Waals surface area contributed by atoms with Crippen molar-refractivity contribution >= 4 is 11.3 Å². The van der Waals surface area contributed by atoms with Crippen molar-refractivity contribution in [3.8, 4) is 21.7 Å². The lowest BCUT2D eigenvalue weighted by Crippen LogP contribution is -1.89. The monoisotopic (exact) mass is 282 g/mol. The van der Waals surface area contributed by atoms with Crippen molar-refractivity contribution < 1.29 is 5.11 Å². The number of benzene rings is 2. The SMILES string of the molecule is Cc1nnc(-c2cccc(-c3ccccc3CO)c2)s1. The van der Waals surface area contributed by atoms with Gasteiger partial charge < -0.3 is 5.11 Å². The van der Waals surface area contributed by atoms with E-state index in [1.165, 1.54) is 0 Å². The highest BCUT2D eigenvalue weighted by atomic mass is 32.1. The summed E-state index contributed by atoms with van der Waals surface area (Å²) in [5, 5.41) is 19.6. The molecule has 0 bridgehead atoms. The van der Waals surface area contributed by atoms with E-state index in [0.717, 1.165) is 32.3 Å². The normalized spacial score (nSPS) is 10.7. The van der Waals surface area contributed by atoms with Gasteiger partial charge in [-0.1, -0.05) is 53.8 Å². The Labute approximate surface area is 121 Å². The van der Waals surface area contributed by atoms with Crippen LogP contribution in [-0.2, 0) is 6.61 Å². The molecule has 0 saturated heterocycles. The lowest BCUT2D eigenvalue weighted by molar-refractivity contribution is 0.282. The standard InChI is InChI=1S/C16H14N2OS/c1-11-17-18-16(20-11)13-7-4-6-12(9-13)15-8-3-2-5-14(15)10-19/h2-9,19H,10H2,1H3. The Kier molecular flexibility index (Phi) is 3.58. The average molecular weight is 282 g/mol. The van der Waals surface area contributed by atoms with E-state index in [-0.39, 0.29) is 6.61 Å². The number of aliphatic hydroxyl groups excluding tert-OH is 1. The molecule has 0 amide bonds. The van der Waals surface area contributed by atoms with E-state index in [1.807, 2.05) is 49.4 Å². The van der Waals surface area contributed by atoms with Gasteiger partial charge in [0.15, 0.2) is 0 Å². The molecule has 4 heteroatoms. The molecule has 0 aliphatic rings. The molecule has 0 spiro atoms. The summed E-state index contributed by atoms with van der Waals surface area (Å²) >= 11 is 1.58. The molecular formula is C16H14N2OS. The minimum atomic E-state index is 0.0400. The van der Waals surface area contributed by atoms with Crippen molar-refractivity contribution in [2.45, 2.75) is 13.5 Å². The summed E-state index contributed by atoms with van der Waals surface area (Å²) in [5.74, 6) is 0. The summed E-state index contributed by atoms with van der Waals surface area (Å²) < 4.78 is 0. The summed E-state index contributed by atoms with van der Waals surface area (Å²) in [4.78, 5) is 0. The Morgan fingerprint density at radius 2 is 1.80 bits per heavy atom. The highest BCUT2D eigenvalue weighted by Crippen LogP contribution is 2.29. The fourth-order valence-corrected chi connectivity index (χ4v) is 2.86. The van der Waals surface area contributed by atoms with Crippen molar-refractivity contribution in [1.82, 2.24) is 10.2 Å². The second-order valence-corrected chi connectivity index (χ2v) is 5.70. The first kappa shape index (κ1) is 13.0. The molecule has 3 aromatic rings. The number of rotatable bonds is 3. The Hall–Kier alpha value is -2.04. The van der Waals surface area contributed by atoms with Gasteiger partial charge in [-0.3, -0.25) is 0 Å². The zero-order chi connectivity index (χ0) is 13.9. The third kappa shape index (κ3) is 2.48. The Balaban J connectivity index is 2.07. The first-order valence-corrected chi connectivity index (χ1v) is 7.19. The summed E-state index contributed by atoms with van der Waals surface area (Å²) in [6, 6.07) is 16.1. The van der Waals surface area contributed by atoms with Gasteiger partial charge in [-0.15, -0.1) is 10.2 Å². The molecule has 2 aromatic carbocycles. The first-order chi connectivity index (χ1) is 9.78. The van der Waals surface area contributed by atoms with E-state index in [9.17, 15) is 5.11 Å². The van der Waals surface area contributed by atoms with Crippen LogP contribution in [0.3, 0.4) is 0 Å². The fraction of sp³-hybridized carbons (Fsp3) is 0.125. The van der Waals surface area contributed by atoms with Crippen LogP contribution < -0.4 is 0 Å². The van der Waals surface area contributed by atoms with Crippen LogP contribution >= 0.6 is 11.3 Å². The summed E-state index contributed by atoms with van der Waals surface area (Å²) in [7, 11) is 0. The van der Waals surface area contributed by atoms with Gasteiger partial charge in [-0.2, -0.15) is 0 Å². The van der Waals surface area contributed by atoms with Gasteiger partial charge in [0, 0.05) is 5.56 Å². The van der Waals surface area contributed by atoms with Gasteiger partial charge >= 0.3 is 0 Å². The van der Waals surface area contributed by atoms with E-state index < -0.39 is 0 Å². The lowest BCUT2D eigenvalue weighted by Gasteiger charge is -2.08. The van der Waals surface area contributed by atoms with Crippen LogP contribution in [0.5, 0.6) is 0 Å². The zero-order valence-corrected chi connectivity index (χ0v) is 11.9. The smallest absolute Gasteiger partial charge is 0.147 e. The van der Waals surface area contributed by atoms with Crippen LogP contribution in [0.15, 0.2) is 48.5 Å². The quantitative estimate of drug-likeness (QED) is 0.797. The van der Waals surface area contributed by atoms with Crippen LogP contribution in [0.1, 0.15) is 10.6 Å². The number of nitrogens with zero attached hydrogens (tertiary/aromatic N) is 2. The molecule has 0 saturated carbocycles. The number of hydrogen-bond donors (Lipinski definition) is 1. The Bertz CT molecular complexity index is 737. The van der Waals surface area contributed by atoms with E-state index in [2.05, 4.69) is 16.3 Å². The topological polar surface area (TPSA) is 46.0 Å². The minimum Gasteiger partial charge on any atom is -0.392 e. The van der Waals surface area contributed by atoms with Gasteiger partial charge in [-0.05, 0) is 29.7 Å². The van der Waals surface area contributed by atoms with Crippen LogP contribution in [-0.4, -0.2) is 15.3 Å². The largest absolute Gasteiger partial charge is 0.392 e. The molecule has 1 N–H and O–H groups in total. The third-order valence-electron chi connectivity index (χ3n) is 3.13. The lowest BCUT2D eigenvalue weighted by atomic mass is 9.98. The molecule has 20 heavy (non-hydrogen) atoms. The molecule has 0 unspecified atom stereocenters. The van der Waals surface area contributed by atoms with Gasteiger partial charge in [0.05, 0.1) is 6.61 Å². The maximum atomic E-state index is 9.45. The summed E-state index contributed by atoms with van der Waals surface area (Å²) in [6.45, 7) is 1.99. The molecule has 3 rings (SSSR count). The van der Waals surface area contributed by atoms with Crippen LogP contribution in [0, 0.1) is 6.92 Å². The van der Waals surface area contributed by atoms with Gasteiger partial charge in [0.25, 0.3) is 0 Å². The number of aliphatic hydroxyl groups is 1. The van der Waals surface area contributed by atoms with Crippen molar-refractivity contribution in [3.05, 3.63) is 59.1 Å². The van der Waals surface area contributed by atoms with Gasteiger partial charge in [-0.25, -0.2) is 0 Å². The molecule has 0 atom stereocenters. The number of aryl methyl sites for hydroxylation is 1. The van der Waals surface area contributed by atoms with Crippen molar-refractivity contribution in [2.24, 2.45) is 0 Å². The Morgan fingerprint density at radius 1 is 1.00 bits per heavy atom. The minimum absolute atomic E-state index is 0.0400. The number of hydrogen-bond acceptors (Lipinski definition) is 4. The average Bonchev–Trinajstić information content (AvgIpc) is 2.94. The summed E-state index contributed by atoms with van der Waals surface area (Å²) in [6.07, 6.45) is 0. The van der Waals surface area contributed by atoms with Crippen molar-refractivity contribution in [1.29, 1.82) is 0 Å². The van der Waals surface area contributed by atoms with Crippen molar-refractivity contribution in [3.63, 3.8) is 0 Å². The van der Waals surface area contributed by atoms with E-state index in [4.69, 9.17) is 0 Å². The van der Waals surface area contributed by atoms with Gasteiger partial charge in [0.1, 0.15) is 10.0 Å². The fourth-order valence-electron chi connectivity index (χ4n) is 2.17. The van der Waals surface area contributed by atoms with Crippen LogP contribution in [0.2, 0.25) is 0 Å². The highest BCUT2D eigenvalue weighted by molar-refractivity contribution is 7.14. The molecule has 1 heterocycles. The van der Waals surface area contributed by atoms with Crippen molar-refractivity contribution in [2.75, 3.05) is 0 Å². The maximum Gasteiger partial charge on any atom is 0.147 e. The highest BCUT2D eigenvalue weighted by Gasteiger charge is 2.08.